The average Bonchev–Trinajstić information content (AvgIpc) is 3.24. The molecule has 2 N–H and O–H groups in total. The second-order valence-electron chi connectivity index (χ2n) is 7.72. The lowest BCUT2D eigenvalue weighted by Crippen LogP contribution is -2.32. The number of esters is 1. The Morgan fingerprint density at radius 2 is 1.56 bits per heavy atom. The van der Waals surface area contributed by atoms with Crippen molar-refractivity contribution in [3.05, 3.63) is 59.3 Å². The van der Waals surface area contributed by atoms with Crippen LogP contribution >= 0.6 is 0 Å². The van der Waals surface area contributed by atoms with Crippen LogP contribution < -0.4 is 24.8 Å². The molecule has 1 aromatic heterocycles. The lowest BCUT2D eigenvalue weighted by molar-refractivity contribution is -0.146. The fourth-order valence-electron chi connectivity index (χ4n) is 3.31. The summed E-state index contributed by atoms with van der Waals surface area (Å²) in [6.07, 6.45) is 0. The quantitative estimate of drug-likeness (QED) is 0.410. The highest BCUT2D eigenvalue weighted by atomic mass is 16.5. The second-order valence-corrected chi connectivity index (χ2v) is 7.72. The average molecular weight is 497 g/mol. The van der Waals surface area contributed by atoms with Crippen LogP contribution in [0.1, 0.15) is 21.6 Å². The third kappa shape index (κ3) is 6.32. The number of anilines is 1. The summed E-state index contributed by atoms with van der Waals surface area (Å²) in [6.45, 7) is 2.81. The Hall–Kier alpha value is -4.54. The molecule has 0 saturated carbocycles. The van der Waals surface area contributed by atoms with E-state index in [0.29, 0.717) is 28.8 Å². The lowest BCUT2D eigenvalue weighted by Gasteiger charge is -2.14. The van der Waals surface area contributed by atoms with Crippen LogP contribution in [0.4, 0.5) is 5.82 Å². The molecule has 11 heteroatoms. The van der Waals surface area contributed by atoms with Crippen LogP contribution in [-0.4, -0.2) is 62.0 Å². The summed E-state index contributed by atoms with van der Waals surface area (Å²) >= 11 is 0. The summed E-state index contributed by atoms with van der Waals surface area (Å²) in [5.41, 5.74) is 2.76. The van der Waals surface area contributed by atoms with Crippen molar-refractivity contribution in [2.24, 2.45) is 0 Å². The number of benzene rings is 2. The van der Waals surface area contributed by atoms with Gasteiger partial charge < -0.3 is 29.6 Å². The van der Waals surface area contributed by atoms with Gasteiger partial charge in [0.1, 0.15) is 12.4 Å². The first-order chi connectivity index (χ1) is 17.2. The van der Waals surface area contributed by atoms with Gasteiger partial charge in [0.25, 0.3) is 11.8 Å². The van der Waals surface area contributed by atoms with Gasteiger partial charge in [0.05, 0.1) is 32.7 Å². The van der Waals surface area contributed by atoms with Crippen molar-refractivity contribution in [3.63, 3.8) is 0 Å². The van der Waals surface area contributed by atoms with E-state index in [1.807, 2.05) is 31.2 Å². The predicted molar refractivity (Wildman–Crippen MR) is 131 cm³/mol. The fourth-order valence-corrected chi connectivity index (χ4v) is 3.31. The molecule has 0 fully saturated rings. The number of nitrogens with zero attached hydrogens (tertiary/aromatic N) is 2. The number of methoxy groups -OCH3 is 3. The third-order valence-electron chi connectivity index (χ3n) is 5.06. The number of rotatable bonds is 10. The molecule has 190 valence electrons. The number of aryl methyl sites for hydroxylation is 2. The fraction of sp³-hybridized carbons (Fsp3) is 0.280. The zero-order chi connectivity index (χ0) is 26.2. The third-order valence-corrected chi connectivity index (χ3v) is 5.06. The van der Waals surface area contributed by atoms with Gasteiger partial charge in [-0.15, -0.1) is 0 Å². The molecule has 3 aromatic rings. The maximum absolute atomic E-state index is 12.5. The van der Waals surface area contributed by atoms with E-state index < -0.39 is 30.9 Å². The van der Waals surface area contributed by atoms with Crippen LogP contribution in [0.2, 0.25) is 0 Å². The highest BCUT2D eigenvalue weighted by Crippen LogP contribution is 2.38. The number of carbonyl (C=O) groups excluding carboxylic acids is 3. The highest BCUT2D eigenvalue weighted by molar-refractivity contribution is 5.97. The van der Waals surface area contributed by atoms with E-state index in [4.69, 9.17) is 18.9 Å². The lowest BCUT2D eigenvalue weighted by atomic mass is 10.1. The minimum Gasteiger partial charge on any atom is -0.493 e. The van der Waals surface area contributed by atoms with Gasteiger partial charge in [0.15, 0.2) is 18.1 Å². The Bertz CT molecular complexity index is 1230. The van der Waals surface area contributed by atoms with Gasteiger partial charge in [0.2, 0.25) is 5.75 Å². The van der Waals surface area contributed by atoms with E-state index in [-0.39, 0.29) is 5.56 Å². The van der Waals surface area contributed by atoms with E-state index in [1.165, 1.54) is 33.5 Å². The van der Waals surface area contributed by atoms with E-state index >= 15 is 0 Å². The van der Waals surface area contributed by atoms with Crippen molar-refractivity contribution in [3.8, 4) is 22.9 Å². The first-order valence-corrected chi connectivity index (χ1v) is 10.9. The molecule has 2 amide bonds. The summed E-state index contributed by atoms with van der Waals surface area (Å²) in [5.74, 6) is -0.536. The Kier molecular flexibility index (Phi) is 8.50. The summed E-state index contributed by atoms with van der Waals surface area (Å²) in [5, 5.41) is 9.52. The molecular formula is C25H28N4O7. The molecule has 0 aliphatic heterocycles. The van der Waals surface area contributed by atoms with Crippen LogP contribution in [0.5, 0.6) is 17.2 Å². The van der Waals surface area contributed by atoms with Crippen molar-refractivity contribution in [2.75, 3.05) is 39.8 Å². The van der Waals surface area contributed by atoms with Crippen LogP contribution in [0.15, 0.2) is 42.5 Å². The summed E-state index contributed by atoms with van der Waals surface area (Å²) < 4.78 is 22.3. The normalized spacial score (nSPS) is 10.4. The van der Waals surface area contributed by atoms with Gasteiger partial charge in [-0.25, -0.2) is 4.68 Å². The maximum Gasteiger partial charge on any atom is 0.325 e. The monoisotopic (exact) mass is 496 g/mol. The largest absolute Gasteiger partial charge is 0.493 e. The van der Waals surface area contributed by atoms with Crippen LogP contribution in [0.3, 0.4) is 0 Å². The molecule has 0 radical (unpaired) electrons. The molecule has 0 bridgehead atoms. The number of hydrogen-bond acceptors (Lipinski definition) is 8. The van der Waals surface area contributed by atoms with Gasteiger partial charge in [-0.1, -0.05) is 17.7 Å². The number of carbonyl (C=O) groups is 3. The second kappa shape index (κ2) is 11.7. The number of ether oxygens (including phenoxy) is 4. The molecule has 36 heavy (non-hydrogen) atoms. The van der Waals surface area contributed by atoms with Gasteiger partial charge in [-0.2, -0.15) is 5.10 Å². The van der Waals surface area contributed by atoms with E-state index in [9.17, 15) is 14.4 Å². The van der Waals surface area contributed by atoms with Gasteiger partial charge >= 0.3 is 5.97 Å². The van der Waals surface area contributed by atoms with Crippen molar-refractivity contribution in [1.29, 1.82) is 0 Å². The highest BCUT2D eigenvalue weighted by Gasteiger charge is 2.18. The zero-order valence-corrected chi connectivity index (χ0v) is 20.7. The molecule has 1 heterocycles. The van der Waals surface area contributed by atoms with E-state index in [1.54, 1.807) is 17.7 Å². The summed E-state index contributed by atoms with van der Waals surface area (Å²) in [7, 11) is 4.30. The smallest absolute Gasteiger partial charge is 0.325 e. The van der Waals surface area contributed by atoms with Crippen molar-refractivity contribution < 1.29 is 33.3 Å². The first kappa shape index (κ1) is 26.1. The minimum absolute atomic E-state index is 0.190. The molecule has 2 aromatic carbocycles. The molecule has 0 saturated heterocycles. The number of hydrogen-bond donors (Lipinski definition) is 2. The standard InChI is InChI=1S/C25H28N4O7/c1-15-6-8-18(9-7-15)29-21(10-16(2)28-29)27-22(30)14-36-23(31)13-26-25(32)17-11-19(33-3)24(35-5)20(12-17)34-4/h6-12H,13-14H2,1-5H3,(H,26,32)(H,27,30). The molecule has 0 aliphatic rings. The topological polar surface area (TPSA) is 130 Å². The molecule has 0 spiro atoms. The maximum atomic E-state index is 12.5. The van der Waals surface area contributed by atoms with Crippen molar-refractivity contribution in [2.45, 2.75) is 13.8 Å². The molecule has 3 rings (SSSR count). The number of aromatic nitrogens is 2. The van der Waals surface area contributed by atoms with E-state index in [0.717, 1.165) is 11.3 Å². The summed E-state index contributed by atoms with van der Waals surface area (Å²) in [4.78, 5) is 37.0. The Morgan fingerprint density at radius 3 is 2.14 bits per heavy atom. The Balaban J connectivity index is 1.54. The van der Waals surface area contributed by atoms with Gasteiger partial charge in [0, 0.05) is 11.6 Å². The first-order valence-electron chi connectivity index (χ1n) is 10.9. The minimum atomic E-state index is -0.783. The predicted octanol–water partition coefficient (Wildman–Crippen LogP) is 2.43. The molecule has 0 aliphatic carbocycles. The van der Waals surface area contributed by atoms with Gasteiger partial charge in [-0.3, -0.25) is 14.4 Å². The molecule has 11 nitrogen and oxygen atoms in total. The van der Waals surface area contributed by atoms with Crippen molar-refractivity contribution >= 4 is 23.6 Å². The SMILES string of the molecule is COc1cc(C(=O)NCC(=O)OCC(=O)Nc2cc(C)nn2-c2ccc(C)cc2)cc(OC)c1OC. The molecule has 0 unspecified atom stereocenters. The Labute approximate surface area is 208 Å². The van der Waals surface area contributed by atoms with Crippen LogP contribution in [-0.2, 0) is 14.3 Å². The van der Waals surface area contributed by atoms with E-state index in [2.05, 4.69) is 15.7 Å². The summed E-state index contributed by atoms with van der Waals surface area (Å²) in [6, 6.07) is 12.3. The zero-order valence-electron chi connectivity index (χ0n) is 20.7. The molecule has 0 atom stereocenters. The van der Waals surface area contributed by atoms with Crippen molar-refractivity contribution in [1.82, 2.24) is 15.1 Å². The number of amides is 2. The Morgan fingerprint density at radius 1 is 0.917 bits per heavy atom. The van der Waals surface area contributed by atoms with Crippen LogP contribution in [0.25, 0.3) is 5.69 Å². The van der Waals surface area contributed by atoms with Crippen LogP contribution in [0, 0.1) is 13.8 Å². The molecular weight excluding hydrogens is 468 g/mol. The van der Waals surface area contributed by atoms with Gasteiger partial charge in [-0.05, 0) is 38.1 Å². The number of nitrogens with one attached hydrogen (secondary N) is 2.